The molecule has 0 unspecified atom stereocenters. The number of benzene rings is 1. The van der Waals surface area contributed by atoms with E-state index in [1.807, 2.05) is 0 Å². The number of hydrogen-bond donors (Lipinski definition) is 2. The largest absolute Gasteiger partial charge is 0.478 e. The fraction of sp³-hybridized carbons (Fsp3) is 0.417. The number of nitrogens with one attached hydrogen (secondary N) is 1. The highest BCUT2D eigenvalue weighted by Crippen LogP contribution is 2.27. The van der Waals surface area contributed by atoms with Crippen molar-refractivity contribution in [1.29, 1.82) is 0 Å². The predicted octanol–water partition coefficient (Wildman–Crippen LogP) is 2.21. The molecule has 0 heterocycles. The summed E-state index contributed by atoms with van der Waals surface area (Å²) in [6.45, 7) is 0. The van der Waals surface area contributed by atoms with Gasteiger partial charge in [-0.3, -0.25) is 4.72 Å². The number of carbonyl (C=O) groups is 1. The summed E-state index contributed by atoms with van der Waals surface area (Å²) in [7, 11) is -3.62. The van der Waals surface area contributed by atoms with Gasteiger partial charge in [-0.25, -0.2) is 17.6 Å². The van der Waals surface area contributed by atoms with E-state index in [2.05, 4.69) is 4.72 Å². The lowest BCUT2D eigenvalue weighted by molar-refractivity contribution is 0.0697. The first-order valence-electron chi connectivity index (χ1n) is 5.94. The van der Waals surface area contributed by atoms with Crippen molar-refractivity contribution < 1.29 is 22.7 Å². The molecule has 2 N–H and O–H groups in total. The SMILES string of the molecule is O=C(O)c1cc(F)ccc1NS(=O)(=O)C1CCCC1. The number of carboxylic acid groups (broad SMARTS) is 1. The predicted molar refractivity (Wildman–Crippen MR) is 68.2 cm³/mol. The molecule has 1 saturated carbocycles. The zero-order valence-electron chi connectivity index (χ0n) is 10.1. The van der Waals surface area contributed by atoms with Crippen LogP contribution in [-0.2, 0) is 10.0 Å². The Morgan fingerprint density at radius 2 is 1.95 bits per heavy atom. The van der Waals surface area contributed by atoms with Crippen LogP contribution < -0.4 is 4.72 Å². The summed E-state index contributed by atoms with van der Waals surface area (Å²) in [5.74, 6) is -2.09. The van der Waals surface area contributed by atoms with Gasteiger partial charge in [0.2, 0.25) is 10.0 Å². The Morgan fingerprint density at radius 3 is 2.53 bits per heavy atom. The molecule has 1 aromatic carbocycles. The molecule has 19 heavy (non-hydrogen) atoms. The van der Waals surface area contributed by atoms with E-state index in [9.17, 15) is 17.6 Å². The van der Waals surface area contributed by atoms with Crippen LogP contribution >= 0.6 is 0 Å². The van der Waals surface area contributed by atoms with Gasteiger partial charge in [0.15, 0.2) is 0 Å². The minimum atomic E-state index is -3.62. The average Bonchev–Trinajstić information content (AvgIpc) is 2.85. The van der Waals surface area contributed by atoms with Gasteiger partial charge in [0.25, 0.3) is 0 Å². The normalized spacial score (nSPS) is 16.5. The highest BCUT2D eigenvalue weighted by atomic mass is 32.2. The Labute approximate surface area is 110 Å². The van der Waals surface area contributed by atoms with Gasteiger partial charge in [-0.15, -0.1) is 0 Å². The summed E-state index contributed by atoms with van der Waals surface area (Å²) in [6.07, 6.45) is 2.83. The number of aromatic carboxylic acids is 1. The fourth-order valence-corrected chi connectivity index (χ4v) is 3.82. The summed E-state index contributed by atoms with van der Waals surface area (Å²) in [6, 6.07) is 2.96. The third-order valence-electron chi connectivity index (χ3n) is 3.21. The van der Waals surface area contributed by atoms with Crippen LogP contribution in [0.3, 0.4) is 0 Å². The van der Waals surface area contributed by atoms with Crippen LogP contribution in [0.5, 0.6) is 0 Å². The third-order valence-corrected chi connectivity index (χ3v) is 5.06. The summed E-state index contributed by atoms with van der Waals surface area (Å²) in [5.41, 5.74) is -0.484. The van der Waals surface area contributed by atoms with E-state index in [0.29, 0.717) is 12.8 Å². The van der Waals surface area contributed by atoms with E-state index in [4.69, 9.17) is 5.11 Å². The summed E-state index contributed by atoms with van der Waals surface area (Å²) in [5, 5.41) is 8.45. The Morgan fingerprint density at radius 1 is 1.32 bits per heavy atom. The number of sulfonamides is 1. The number of hydrogen-bond acceptors (Lipinski definition) is 3. The van der Waals surface area contributed by atoms with Crippen molar-refractivity contribution in [1.82, 2.24) is 0 Å². The van der Waals surface area contributed by atoms with E-state index >= 15 is 0 Å². The molecule has 1 aliphatic rings. The summed E-state index contributed by atoms with van der Waals surface area (Å²) in [4.78, 5) is 11.0. The molecule has 1 aliphatic carbocycles. The minimum Gasteiger partial charge on any atom is -0.478 e. The van der Waals surface area contributed by atoms with Crippen molar-refractivity contribution in [3.05, 3.63) is 29.6 Å². The van der Waals surface area contributed by atoms with Crippen molar-refractivity contribution in [2.45, 2.75) is 30.9 Å². The second-order valence-corrected chi connectivity index (χ2v) is 6.51. The molecule has 104 valence electrons. The van der Waals surface area contributed by atoms with Gasteiger partial charge in [0.1, 0.15) is 5.82 Å². The minimum absolute atomic E-state index is 0.0965. The highest BCUT2D eigenvalue weighted by molar-refractivity contribution is 7.93. The van der Waals surface area contributed by atoms with E-state index < -0.39 is 27.1 Å². The second kappa shape index (κ2) is 5.16. The molecular formula is C12H14FNO4S. The number of halogens is 1. The molecule has 1 fully saturated rings. The fourth-order valence-electron chi connectivity index (χ4n) is 2.22. The van der Waals surface area contributed by atoms with E-state index in [-0.39, 0.29) is 11.3 Å². The molecule has 0 atom stereocenters. The summed E-state index contributed by atoms with van der Waals surface area (Å²) < 4.78 is 39.4. The van der Waals surface area contributed by atoms with Gasteiger partial charge in [-0.05, 0) is 31.0 Å². The third kappa shape index (κ3) is 3.04. The standard InChI is InChI=1S/C12H14FNO4S/c13-8-5-6-11(10(7-8)12(15)16)14-19(17,18)9-3-1-2-4-9/h5-7,9,14H,1-4H2,(H,15,16). The van der Waals surface area contributed by atoms with E-state index in [1.165, 1.54) is 0 Å². The van der Waals surface area contributed by atoms with Crippen molar-refractivity contribution >= 4 is 21.7 Å². The maximum absolute atomic E-state index is 13.0. The monoisotopic (exact) mass is 287 g/mol. The van der Waals surface area contributed by atoms with Crippen LogP contribution in [0.2, 0.25) is 0 Å². The van der Waals surface area contributed by atoms with Crippen LogP contribution in [0.4, 0.5) is 10.1 Å². The number of anilines is 1. The van der Waals surface area contributed by atoms with Crippen LogP contribution in [0.15, 0.2) is 18.2 Å². The average molecular weight is 287 g/mol. The Balaban J connectivity index is 2.30. The molecule has 0 amide bonds. The first kappa shape index (κ1) is 13.8. The van der Waals surface area contributed by atoms with Crippen LogP contribution in [0.1, 0.15) is 36.0 Å². The Kier molecular flexibility index (Phi) is 3.75. The smallest absolute Gasteiger partial charge is 0.337 e. The molecule has 7 heteroatoms. The van der Waals surface area contributed by atoms with Gasteiger partial charge >= 0.3 is 5.97 Å². The van der Waals surface area contributed by atoms with E-state index in [1.54, 1.807) is 0 Å². The van der Waals surface area contributed by atoms with Crippen molar-refractivity contribution in [2.24, 2.45) is 0 Å². The quantitative estimate of drug-likeness (QED) is 0.889. The van der Waals surface area contributed by atoms with Crippen LogP contribution in [0, 0.1) is 5.82 Å². The van der Waals surface area contributed by atoms with Gasteiger partial charge in [-0.1, -0.05) is 12.8 Å². The molecule has 0 aromatic heterocycles. The Hall–Kier alpha value is -1.63. The van der Waals surface area contributed by atoms with Gasteiger partial charge in [0.05, 0.1) is 16.5 Å². The van der Waals surface area contributed by atoms with Gasteiger partial charge in [-0.2, -0.15) is 0 Å². The first-order valence-corrected chi connectivity index (χ1v) is 7.49. The second-order valence-electron chi connectivity index (χ2n) is 4.55. The molecular weight excluding hydrogens is 273 g/mol. The lowest BCUT2D eigenvalue weighted by Crippen LogP contribution is -2.26. The maximum Gasteiger partial charge on any atom is 0.337 e. The number of carboxylic acids is 1. The molecule has 0 aliphatic heterocycles. The van der Waals surface area contributed by atoms with Crippen molar-refractivity contribution in [2.75, 3.05) is 4.72 Å². The number of rotatable bonds is 4. The van der Waals surface area contributed by atoms with Gasteiger partial charge < -0.3 is 5.11 Å². The van der Waals surface area contributed by atoms with Gasteiger partial charge in [0, 0.05) is 0 Å². The van der Waals surface area contributed by atoms with Crippen LogP contribution in [-0.4, -0.2) is 24.7 Å². The van der Waals surface area contributed by atoms with Crippen LogP contribution in [0.25, 0.3) is 0 Å². The molecule has 5 nitrogen and oxygen atoms in total. The van der Waals surface area contributed by atoms with Crippen molar-refractivity contribution in [3.8, 4) is 0 Å². The molecule has 2 rings (SSSR count). The first-order chi connectivity index (χ1) is 8.90. The molecule has 1 aromatic rings. The highest BCUT2D eigenvalue weighted by Gasteiger charge is 2.29. The Bertz CT molecular complexity index is 594. The maximum atomic E-state index is 13.0. The van der Waals surface area contributed by atoms with E-state index in [0.717, 1.165) is 31.0 Å². The topological polar surface area (TPSA) is 83.5 Å². The van der Waals surface area contributed by atoms with Crippen molar-refractivity contribution in [3.63, 3.8) is 0 Å². The molecule has 0 bridgehead atoms. The molecule has 0 saturated heterocycles. The zero-order valence-corrected chi connectivity index (χ0v) is 10.9. The lowest BCUT2D eigenvalue weighted by Gasteiger charge is -2.14. The molecule has 0 radical (unpaired) electrons. The molecule has 0 spiro atoms. The summed E-state index contributed by atoms with van der Waals surface area (Å²) >= 11 is 0. The zero-order chi connectivity index (χ0) is 14.0. The lowest BCUT2D eigenvalue weighted by atomic mass is 10.2.